The first-order valence-corrected chi connectivity index (χ1v) is 12.3. The first-order valence-electron chi connectivity index (χ1n) is 12.3. The number of amides is 3. The molecule has 2 aromatic carbocycles. The van der Waals surface area contributed by atoms with Gasteiger partial charge in [-0.1, -0.05) is 18.2 Å². The summed E-state index contributed by atoms with van der Waals surface area (Å²) in [5.41, 5.74) is 4.46. The topological polar surface area (TPSA) is 91.8 Å². The maximum atomic E-state index is 13.0. The van der Waals surface area contributed by atoms with Gasteiger partial charge < -0.3 is 9.64 Å². The quantitative estimate of drug-likeness (QED) is 0.457. The first kappa shape index (κ1) is 26.4. The van der Waals surface area contributed by atoms with Crippen LogP contribution in [0.15, 0.2) is 60.8 Å². The Bertz CT molecular complexity index is 1440. The summed E-state index contributed by atoms with van der Waals surface area (Å²) in [6.07, 6.45) is -2.57. The summed E-state index contributed by atoms with van der Waals surface area (Å²) in [4.78, 5) is 44.7. The molecule has 0 bridgehead atoms. The Morgan fingerprint density at radius 1 is 1.05 bits per heavy atom. The molecule has 1 N–H and O–H groups in total. The maximum absolute atomic E-state index is 13.0. The molecule has 39 heavy (non-hydrogen) atoms. The Kier molecular flexibility index (Phi) is 7.09. The number of halogens is 3. The van der Waals surface area contributed by atoms with Crippen LogP contribution in [-0.2, 0) is 29.2 Å². The molecule has 1 aromatic heterocycles. The molecule has 3 amide bonds. The minimum Gasteiger partial charge on any atom is -0.406 e. The second-order valence-electron chi connectivity index (χ2n) is 9.69. The number of hydrogen-bond donors (Lipinski definition) is 1. The van der Waals surface area contributed by atoms with Gasteiger partial charge in [-0.05, 0) is 66.6 Å². The smallest absolute Gasteiger partial charge is 0.406 e. The fourth-order valence-electron chi connectivity index (χ4n) is 4.98. The monoisotopic (exact) mass is 538 g/mol. The number of piperidine rings is 1. The zero-order valence-corrected chi connectivity index (χ0v) is 21.0. The minimum atomic E-state index is -4.74. The largest absolute Gasteiger partial charge is 0.573 e. The normalized spacial score (nSPS) is 17.4. The van der Waals surface area contributed by atoms with E-state index in [-0.39, 0.29) is 30.5 Å². The van der Waals surface area contributed by atoms with Gasteiger partial charge in [-0.2, -0.15) is 0 Å². The Balaban J connectivity index is 1.27. The van der Waals surface area contributed by atoms with E-state index in [0.717, 1.165) is 16.7 Å². The predicted molar refractivity (Wildman–Crippen MR) is 134 cm³/mol. The average molecular weight is 539 g/mol. The predicted octanol–water partition coefficient (Wildman–Crippen LogP) is 4.04. The van der Waals surface area contributed by atoms with Crippen molar-refractivity contribution in [1.29, 1.82) is 0 Å². The van der Waals surface area contributed by atoms with E-state index in [1.54, 1.807) is 18.3 Å². The van der Waals surface area contributed by atoms with Crippen molar-refractivity contribution in [3.8, 4) is 17.0 Å². The third-order valence-corrected chi connectivity index (χ3v) is 6.68. The molecule has 0 spiro atoms. The summed E-state index contributed by atoms with van der Waals surface area (Å²) < 4.78 is 41.6. The molecule has 1 fully saturated rings. The third-order valence-electron chi connectivity index (χ3n) is 6.68. The van der Waals surface area contributed by atoms with Gasteiger partial charge in [-0.3, -0.25) is 29.6 Å². The lowest BCUT2D eigenvalue weighted by Gasteiger charge is -2.29. The highest BCUT2D eigenvalue weighted by atomic mass is 19.4. The zero-order chi connectivity index (χ0) is 27.7. The van der Waals surface area contributed by atoms with Crippen molar-refractivity contribution < 1.29 is 32.3 Å². The average Bonchev–Trinajstić information content (AvgIpc) is 3.18. The van der Waals surface area contributed by atoms with Crippen molar-refractivity contribution in [3.63, 3.8) is 0 Å². The molecule has 2 aliphatic rings. The molecule has 8 nitrogen and oxygen atoms in total. The van der Waals surface area contributed by atoms with Crippen molar-refractivity contribution in [2.75, 3.05) is 7.05 Å². The number of aromatic nitrogens is 1. The highest BCUT2D eigenvalue weighted by Crippen LogP contribution is 2.31. The van der Waals surface area contributed by atoms with E-state index in [0.29, 0.717) is 36.3 Å². The van der Waals surface area contributed by atoms with Crippen LogP contribution in [0.4, 0.5) is 13.2 Å². The van der Waals surface area contributed by atoms with Crippen LogP contribution < -0.4 is 10.1 Å². The molecular formula is C28H25F3N4O4. The number of alkyl halides is 3. The molecule has 0 saturated carbocycles. The molecule has 202 valence electrons. The van der Waals surface area contributed by atoms with Gasteiger partial charge in [0, 0.05) is 43.4 Å². The van der Waals surface area contributed by atoms with E-state index in [2.05, 4.69) is 15.0 Å². The van der Waals surface area contributed by atoms with Crippen LogP contribution >= 0.6 is 0 Å². The molecule has 11 heteroatoms. The van der Waals surface area contributed by atoms with E-state index < -0.39 is 18.3 Å². The molecule has 5 rings (SSSR count). The van der Waals surface area contributed by atoms with Crippen molar-refractivity contribution >= 4 is 17.7 Å². The lowest BCUT2D eigenvalue weighted by atomic mass is 10.0. The van der Waals surface area contributed by atoms with Crippen LogP contribution in [0.2, 0.25) is 0 Å². The highest BCUT2D eigenvalue weighted by Gasteiger charge is 2.39. The van der Waals surface area contributed by atoms with Gasteiger partial charge in [0.25, 0.3) is 5.91 Å². The summed E-state index contributed by atoms with van der Waals surface area (Å²) in [5, 5.41) is 2.30. The Morgan fingerprint density at radius 2 is 1.82 bits per heavy atom. The van der Waals surface area contributed by atoms with E-state index in [1.807, 2.05) is 36.2 Å². The maximum Gasteiger partial charge on any atom is 0.573 e. The highest BCUT2D eigenvalue weighted by molar-refractivity contribution is 6.05. The second-order valence-corrected chi connectivity index (χ2v) is 9.69. The second kappa shape index (κ2) is 10.5. The van der Waals surface area contributed by atoms with Crippen molar-refractivity contribution in [1.82, 2.24) is 20.1 Å². The van der Waals surface area contributed by atoms with Crippen LogP contribution in [0.25, 0.3) is 11.3 Å². The molecule has 0 aliphatic carbocycles. The van der Waals surface area contributed by atoms with Gasteiger partial charge in [0.15, 0.2) is 0 Å². The van der Waals surface area contributed by atoms with Crippen molar-refractivity contribution in [3.05, 3.63) is 83.0 Å². The Labute approximate surface area is 222 Å². The Hall–Kier alpha value is -4.25. The molecular weight excluding hydrogens is 513 g/mol. The third kappa shape index (κ3) is 6.09. The number of rotatable bonds is 7. The van der Waals surface area contributed by atoms with E-state index in [4.69, 9.17) is 0 Å². The zero-order valence-electron chi connectivity index (χ0n) is 21.0. The van der Waals surface area contributed by atoms with Gasteiger partial charge in [-0.25, -0.2) is 0 Å². The molecule has 1 atom stereocenters. The lowest BCUT2D eigenvalue weighted by molar-refractivity contribution is -0.274. The van der Waals surface area contributed by atoms with Crippen molar-refractivity contribution in [2.24, 2.45) is 0 Å². The summed E-state index contributed by atoms with van der Waals surface area (Å²) in [5.74, 6) is -1.28. The molecule has 0 radical (unpaired) electrons. The van der Waals surface area contributed by atoms with Crippen LogP contribution in [0.1, 0.15) is 39.9 Å². The number of pyridine rings is 1. The number of benzene rings is 2. The summed E-state index contributed by atoms with van der Waals surface area (Å²) >= 11 is 0. The van der Waals surface area contributed by atoms with Gasteiger partial charge in [0.1, 0.15) is 11.8 Å². The number of hydrogen-bond acceptors (Lipinski definition) is 6. The fraction of sp³-hybridized carbons (Fsp3) is 0.286. The van der Waals surface area contributed by atoms with Crippen LogP contribution in [-0.4, -0.2) is 52.0 Å². The minimum absolute atomic E-state index is 0.194. The van der Waals surface area contributed by atoms with Crippen LogP contribution in [0.3, 0.4) is 0 Å². The molecule has 2 aliphatic heterocycles. The van der Waals surface area contributed by atoms with E-state index in [9.17, 15) is 27.6 Å². The number of carbonyl (C=O) groups excluding carboxylic acids is 3. The van der Waals surface area contributed by atoms with Gasteiger partial charge in [0.2, 0.25) is 11.8 Å². The molecule has 3 heterocycles. The first-order chi connectivity index (χ1) is 18.6. The number of nitrogens with one attached hydrogen (secondary N) is 1. The van der Waals surface area contributed by atoms with Crippen LogP contribution in [0, 0.1) is 0 Å². The van der Waals surface area contributed by atoms with E-state index >= 15 is 0 Å². The molecule has 1 unspecified atom stereocenters. The standard InChI is InChI=1S/C28H25F3N4O4/c1-34(14-17-3-2-4-21(11-17)39-28(29,30)31)15-18-9-10-32-23(12-18)19-5-6-22-20(13-19)16-35(27(22)38)24-7-8-25(36)33-26(24)37/h2-6,9-13,24H,7-8,14-16H2,1H3,(H,33,36,37). The SMILES string of the molecule is CN(Cc1cccc(OC(F)(F)F)c1)Cc1ccnc(-c2ccc3c(c2)CN(C2CCC(=O)NC2=O)C3=O)c1. The van der Waals surface area contributed by atoms with Gasteiger partial charge in [-0.15, -0.1) is 13.2 Å². The molecule has 3 aromatic rings. The number of carbonyl (C=O) groups is 3. The van der Waals surface area contributed by atoms with Crippen molar-refractivity contribution in [2.45, 2.75) is 44.9 Å². The van der Waals surface area contributed by atoms with Gasteiger partial charge in [0.05, 0.1) is 5.69 Å². The number of imide groups is 1. The summed E-state index contributed by atoms with van der Waals surface area (Å²) in [6.45, 7) is 1.20. The fourth-order valence-corrected chi connectivity index (χ4v) is 4.98. The summed E-state index contributed by atoms with van der Waals surface area (Å²) in [7, 11) is 1.86. The summed E-state index contributed by atoms with van der Waals surface area (Å²) in [6, 6.07) is 14.4. The Morgan fingerprint density at radius 3 is 2.56 bits per heavy atom. The van der Waals surface area contributed by atoms with Crippen LogP contribution in [0.5, 0.6) is 5.75 Å². The number of nitrogens with zero attached hydrogens (tertiary/aromatic N) is 3. The molecule has 1 saturated heterocycles. The van der Waals surface area contributed by atoms with Gasteiger partial charge >= 0.3 is 6.36 Å². The number of ether oxygens (including phenoxy) is 1. The van der Waals surface area contributed by atoms with E-state index in [1.165, 1.54) is 23.1 Å². The number of fused-ring (bicyclic) bond motifs is 1. The lowest BCUT2D eigenvalue weighted by Crippen LogP contribution is -2.52.